The monoisotopic (exact) mass is 234 g/mol. The van der Waals surface area contributed by atoms with E-state index in [4.69, 9.17) is 14.6 Å². The minimum absolute atomic E-state index is 0.117. The Kier molecular flexibility index (Phi) is 3.56. The fourth-order valence-corrected chi connectivity index (χ4v) is 1.62. The second-order valence-corrected chi connectivity index (χ2v) is 3.95. The first kappa shape index (κ1) is 11.8. The molecule has 0 aromatic heterocycles. The number of carboxylic acids is 1. The van der Waals surface area contributed by atoms with Crippen LogP contribution in [-0.2, 0) is 14.3 Å². The van der Waals surface area contributed by atoms with E-state index in [0.717, 1.165) is 17.2 Å². The average molecular weight is 234 g/mol. The summed E-state index contributed by atoms with van der Waals surface area (Å²) in [5.41, 5.74) is 1.78. The number of aliphatic carboxylic acids is 1. The highest BCUT2D eigenvalue weighted by Gasteiger charge is 2.23. The standard InChI is InChI=1S/C13H14O4/c1-9-8-16-13(17-9)11-5-2-10(3-6-11)4-7-12(14)15/h2-7,9,13H,8H2,1H3,(H,14,15)/b7-4+/t9-,13?/m0/s1. The van der Waals surface area contributed by atoms with Gasteiger partial charge in [-0.1, -0.05) is 24.3 Å². The average Bonchev–Trinajstić information content (AvgIpc) is 2.74. The van der Waals surface area contributed by atoms with Crippen LogP contribution in [0, 0.1) is 0 Å². The number of benzene rings is 1. The summed E-state index contributed by atoms with van der Waals surface area (Å²) in [4.78, 5) is 10.4. The summed E-state index contributed by atoms with van der Waals surface area (Å²) in [6.07, 6.45) is 2.47. The van der Waals surface area contributed by atoms with Crippen molar-refractivity contribution in [1.82, 2.24) is 0 Å². The van der Waals surface area contributed by atoms with E-state index in [-0.39, 0.29) is 12.4 Å². The van der Waals surface area contributed by atoms with Crippen LogP contribution in [0.4, 0.5) is 0 Å². The van der Waals surface area contributed by atoms with Crippen LogP contribution in [0.25, 0.3) is 6.08 Å². The molecule has 1 aliphatic heterocycles. The zero-order valence-electron chi connectivity index (χ0n) is 9.50. The Morgan fingerprint density at radius 1 is 1.41 bits per heavy atom. The van der Waals surface area contributed by atoms with Gasteiger partial charge in [0.05, 0.1) is 12.7 Å². The maximum Gasteiger partial charge on any atom is 0.328 e. The number of hydrogen-bond acceptors (Lipinski definition) is 3. The van der Waals surface area contributed by atoms with Crippen LogP contribution in [0.15, 0.2) is 30.3 Å². The van der Waals surface area contributed by atoms with E-state index in [9.17, 15) is 4.79 Å². The van der Waals surface area contributed by atoms with Crippen molar-refractivity contribution in [1.29, 1.82) is 0 Å². The van der Waals surface area contributed by atoms with Gasteiger partial charge in [-0.2, -0.15) is 0 Å². The summed E-state index contributed by atoms with van der Waals surface area (Å²) in [7, 11) is 0. The third kappa shape index (κ3) is 3.15. The summed E-state index contributed by atoms with van der Waals surface area (Å²) < 4.78 is 11.0. The lowest BCUT2D eigenvalue weighted by atomic mass is 10.1. The van der Waals surface area contributed by atoms with Crippen molar-refractivity contribution in [3.05, 3.63) is 41.5 Å². The molecule has 1 unspecified atom stereocenters. The van der Waals surface area contributed by atoms with Gasteiger partial charge in [0, 0.05) is 11.6 Å². The normalized spacial score (nSPS) is 24.3. The van der Waals surface area contributed by atoms with Crippen LogP contribution >= 0.6 is 0 Å². The first-order valence-corrected chi connectivity index (χ1v) is 5.43. The third-order valence-electron chi connectivity index (χ3n) is 2.47. The van der Waals surface area contributed by atoms with Crippen molar-refractivity contribution in [3.8, 4) is 0 Å². The van der Waals surface area contributed by atoms with Crippen molar-refractivity contribution in [3.63, 3.8) is 0 Å². The first-order chi connectivity index (χ1) is 8.15. The van der Waals surface area contributed by atoms with Gasteiger partial charge in [-0.25, -0.2) is 4.79 Å². The molecule has 1 aliphatic rings. The van der Waals surface area contributed by atoms with E-state index >= 15 is 0 Å². The maximum atomic E-state index is 10.4. The van der Waals surface area contributed by atoms with Crippen molar-refractivity contribution in [2.75, 3.05) is 6.61 Å². The largest absolute Gasteiger partial charge is 0.478 e. The quantitative estimate of drug-likeness (QED) is 0.815. The highest BCUT2D eigenvalue weighted by molar-refractivity contribution is 5.85. The van der Waals surface area contributed by atoms with Gasteiger partial charge in [0.2, 0.25) is 0 Å². The summed E-state index contributed by atoms with van der Waals surface area (Å²) in [6, 6.07) is 7.43. The lowest BCUT2D eigenvalue weighted by Crippen LogP contribution is -2.02. The Labute approximate surface area is 99.5 Å². The van der Waals surface area contributed by atoms with Crippen LogP contribution in [0.3, 0.4) is 0 Å². The molecule has 4 nitrogen and oxygen atoms in total. The molecule has 4 heteroatoms. The van der Waals surface area contributed by atoms with E-state index in [0.29, 0.717) is 6.61 Å². The molecule has 0 saturated carbocycles. The predicted octanol–water partition coefficient (Wildman–Crippen LogP) is 2.22. The van der Waals surface area contributed by atoms with E-state index in [2.05, 4.69) is 0 Å². The molecule has 90 valence electrons. The summed E-state index contributed by atoms with van der Waals surface area (Å²) in [5.74, 6) is -0.953. The second kappa shape index (κ2) is 5.12. The van der Waals surface area contributed by atoms with Gasteiger partial charge in [0.15, 0.2) is 6.29 Å². The SMILES string of the molecule is C[C@H]1COC(c2ccc(/C=C/C(=O)O)cc2)O1. The number of hydrogen-bond donors (Lipinski definition) is 1. The number of carbonyl (C=O) groups is 1. The van der Waals surface area contributed by atoms with Crippen molar-refractivity contribution < 1.29 is 19.4 Å². The van der Waals surface area contributed by atoms with Gasteiger partial charge in [0.25, 0.3) is 0 Å². The second-order valence-electron chi connectivity index (χ2n) is 3.95. The van der Waals surface area contributed by atoms with Gasteiger partial charge in [0.1, 0.15) is 0 Å². The molecule has 0 amide bonds. The molecule has 1 saturated heterocycles. The lowest BCUT2D eigenvalue weighted by Gasteiger charge is -2.09. The molecule has 2 rings (SSSR count). The molecule has 0 spiro atoms. The van der Waals surface area contributed by atoms with Crippen LogP contribution in [0.5, 0.6) is 0 Å². The first-order valence-electron chi connectivity index (χ1n) is 5.43. The molecule has 2 atom stereocenters. The lowest BCUT2D eigenvalue weighted by molar-refractivity contribution is -0.131. The minimum Gasteiger partial charge on any atom is -0.478 e. The number of rotatable bonds is 3. The van der Waals surface area contributed by atoms with Gasteiger partial charge in [-0.05, 0) is 18.6 Å². The summed E-state index contributed by atoms with van der Waals surface area (Å²) >= 11 is 0. The van der Waals surface area contributed by atoms with E-state index in [1.807, 2.05) is 31.2 Å². The zero-order chi connectivity index (χ0) is 12.3. The van der Waals surface area contributed by atoms with Gasteiger partial charge in [-0.3, -0.25) is 0 Å². The predicted molar refractivity (Wildman–Crippen MR) is 62.4 cm³/mol. The smallest absolute Gasteiger partial charge is 0.328 e. The maximum absolute atomic E-state index is 10.4. The van der Waals surface area contributed by atoms with Gasteiger partial charge in [-0.15, -0.1) is 0 Å². The Morgan fingerprint density at radius 3 is 2.65 bits per heavy atom. The Morgan fingerprint density at radius 2 is 2.12 bits per heavy atom. The van der Waals surface area contributed by atoms with Crippen molar-refractivity contribution >= 4 is 12.0 Å². The van der Waals surface area contributed by atoms with Gasteiger partial charge < -0.3 is 14.6 Å². The molecule has 1 aromatic carbocycles. The third-order valence-corrected chi connectivity index (χ3v) is 2.47. The molecular formula is C13H14O4. The Balaban J connectivity index is 2.05. The zero-order valence-corrected chi connectivity index (χ0v) is 9.50. The highest BCUT2D eigenvalue weighted by Crippen LogP contribution is 2.26. The van der Waals surface area contributed by atoms with Crippen LogP contribution in [0.1, 0.15) is 24.3 Å². The Bertz CT molecular complexity index is 422. The minimum atomic E-state index is -0.953. The number of ether oxygens (including phenoxy) is 2. The molecule has 0 radical (unpaired) electrons. The van der Waals surface area contributed by atoms with E-state index in [1.54, 1.807) is 6.08 Å². The highest BCUT2D eigenvalue weighted by atomic mass is 16.7. The van der Waals surface area contributed by atoms with Gasteiger partial charge >= 0.3 is 5.97 Å². The molecule has 1 heterocycles. The van der Waals surface area contributed by atoms with Crippen LogP contribution in [-0.4, -0.2) is 23.8 Å². The molecular weight excluding hydrogens is 220 g/mol. The molecule has 1 aromatic rings. The molecule has 17 heavy (non-hydrogen) atoms. The summed E-state index contributed by atoms with van der Waals surface area (Å²) in [5, 5.41) is 8.50. The van der Waals surface area contributed by atoms with E-state index in [1.165, 1.54) is 0 Å². The summed E-state index contributed by atoms with van der Waals surface area (Å²) in [6.45, 7) is 2.56. The molecule has 1 N–H and O–H groups in total. The van der Waals surface area contributed by atoms with Crippen molar-refractivity contribution in [2.24, 2.45) is 0 Å². The van der Waals surface area contributed by atoms with Crippen molar-refractivity contribution in [2.45, 2.75) is 19.3 Å². The fourth-order valence-electron chi connectivity index (χ4n) is 1.62. The van der Waals surface area contributed by atoms with Crippen LogP contribution < -0.4 is 0 Å². The van der Waals surface area contributed by atoms with E-state index < -0.39 is 5.97 Å². The molecule has 1 fully saturated rings. The Hall–Kier alpha value is -1.65. The number of carboxylic acid groups (broad SMARTS) is 1. The van der Waals surface area contributed by atoms with Crippen LogP contribution in [0.2, 0.25) is 0 Å². The fraction of sp³-hybridized carbons (Fsp3) is 0.308. The molecule has 0 bridgehead atoms. The topological polar surface area (TPSA) is 55.8 Å². The molecule has 0 aliphatic carbocycles.